The minimum absolute atomic E-state index is 0.327. The first kappa shape index (κ1) is 9.08. The molecule has 2 rings (SSSR count). The fraction of sp³-hybridized carbons (Fsp3) is 0. The van der Waals surface area contributed by atoms with Crippen LogP contribution in [0.1, 0.15) is 0 Å². The van der Waals surface area contributed by atoms with Crippen LogP contribution in [0.2, 0.25) is 0 Å². The highest BCUT2D eigenvalue weighted by Crippen LogP contribution is 2.28. The van der Waals surface area contributed by atoms with Gasteiger partial charge in [-0.05, 0) is 12.1 Å². The van der Waals surface area contributed by atoms with E-state index in [9.17, 15) is 8.78 Å². The highest BCUT2D eigenvalue weighted by atomic mass is 32.1. The summed E-state index contributed by atoms with van der Waals surface area (Å²) >= 11 is 1.27. The van der Waals surface area contributed by atoms with Crippen molar-refractivity contribution in [1.29, 1.82) is 0 Å². The van der Waals surface area contributed by atoms with Gasteiger partial charge in [0.2, 0.25) is 0 Å². The van der Waals surface area contributed by atoms with Gasteiger partial charge in [-0.25, -0.2) is 13.8 Å². The van der Waals surface area contributed by atoms with Crippen molar-refractivity contribution in [2.45, 2.75) is 0 Å². The zero-order valence-electron chi connectivity index (χ0n) is 6.87. The SMILES string of the molecule is Oc1c(F)cc(-c2nccs2)cc1F. The molecule has 0 unspecified atom stereocenters. The molecular formula is C9H5F2NOS. The van der Waals surface area contributed by atoms with E-state index in [4.69, 9.17) is 5.11 Å². The van der Waals surface area contributed by atoms with Crippen molar-refractivity contribution in [3.05, 3.63) is 35.3 Å². The Bertz CT molecular complexity index is 433. The van der Waals surface area contributed by atoms with Crippen molar-refractivity contribution in [2.24, 2.45) is 0 Å². The maximum absolute atomic E-state index is 12.9. The molecule has 0 saturated heterocycles. The minimum Gasteiger partial charge on any atom is -0.503 e. The van der Waals surface area contributed by atoms with Gasteiger partial charge < -0.3 is 5.11 Å². The summed E-state index contributed by atoms with van der Waals surface area (Å²) in [5.74, 6) is -2.91. The Balaban J connectivity index is 2.57. The predicted molar refractivity (Wildman–Crippen MR) is 49.1 cm³/mol. The number of aromatic nitrogens is 1. The van der Waals surface area contributed by atoms with Gasteiger partial charge in [-0.1, -0.05) is 0 Å². The van der Waals surface area contributed by atoms with E-state index in [2.05, 4.69) is 4.98 Å². The van der Waals surface area contributed by atoms with Crippen LogP contribution in [0.3, 0.4) is 0 Å². The summed E-state index contributed by atoms with van der Waals surface area (Å²) in [7, 11) is 0. The van der Waals surface area contributed by atoms with Crippen LogP contribution in [0.4, 0.5) is 8.78 Å². The van der Waals surface area contributed by atoms with Gasteiger partial charge in [-0.3, -0.25) is 0 Å². The molecule has 0 aliphatic rings. The highest BCUT2D eigenvalue weighted by molar-refractivity contribution is 7.13. The first-order valence-corrected chi connectivity index (χ1v) is 4.64. The van der Waals surface area contributed by atoms with Gasteiger partial charge in [-0.15, -0.1) is 11.3 Å². The lowest BCUT2D eigenvalue weighted by molar-refractivity contribution is 0.396. The smallest absolute Gasteiger partial charge is 0.187 e. The summed E-state index contributed by atoms with van der Waals surface area (Å²) in [6, 6.07) is 2.11. The second kappa shape index (κ2) is 3.34. The van der Waals surface area contributed by atoms with Crippen LogP contribution in [-0.2, 0) is 0 Å². The quantitative estimate of drug-likeness (QED) is 0.790. The third-order valence-corrected chi connectivity index (χ3v) is 2.52. The largest absolute Gasteiger partial charge is 0.503 e. The Labute approximate surface area is 82.5 Å². The van der Waals surface area contributed by atoms with E-state index in [0.717, 1.165) is 12.1 Å². The lowest BCUT2D eigenvalue weighted by Gasteiger charge is -2.00. The van der Waals surface area contributed by atoms with Crippen LogP contribution in [0, 0.1) is 11.6 Å². The van der Waals surface area contributed by atoms with Crippen molar-refractivity contribution in [1.82, 2.24) is 4.98 Å². The average Bonchev–Trinajstić information content (AvgIpc) is 2.66. The van der Waals surface area contributed by atoms with Crippen LogP contribution in [-0.4, -0.2) is 10.1 Å². The molecule has 0 radical (unpaired) electrons. The number of halogens is 2. The molecule has 0 aliphatic heterocycles. The third-order valence-electron chi connectivity index (χ3n) is 1.70. The van der Waals surface area contributed by atoms with Crippen LogP contribution >= 0.6 is 11.3 Å². The molecule has 1 aromatic carbocycles. The first-order chi connectivity index (χ1) is 6.68. The number of benzene rings is 1. The van der Waals surface area contributed by atoms with E-state index in [-0.39, 0.29) is 0 Å². The summed E-state index contributed by atoms with van der Waals surface area (Å²) in [4.78, 5) is 3.90. The van der Waals surface area contributed by atoms with E-state index in [1.165, 1.54) is 11.3 Å². The monoisotopic (exact) mass is 213 g/mol. The average molecular weight is 213 g/mol. The number of hydrogen-bond donors (Lipinski definition) is 1. The van der Waals surface area contributed by atoms with Gasteiger partial charge >= 0.3 is 0 Å². The first-order valence-electron chi connectivity index (χ1n) is 3.76. The molecule has 1 N–H and O–H groups in total. The molecule has 0 spiro atoms. The predicted octanol–water partition coefficient (Wildman–Crippen LogP) is 2.79. The van der Waals surface area contributed by atoms with E-state index in [1.807, 2.05) is 0 Å². The van der Waals surface area contributed by atoms with Crippen LogP contribution in [0.25, 0.3) is 10.6 Å². The molecule has 14 heavy (non-hydrogen) atoms. The summed E-state index contributed by atoms with van der Waals surface area (Å²) in [5.41, 5.74) is 0.327. The van der Waals surface area contributed by atoms with Crippen molar-refractivity contribution in [3.8, 4) is 16.3 Å². The molecular weight excluding hydrogens is 208 g/mol. The molecule has 0 atom stereocenters. The Morgan fingerprint density at radius 1 is 1.21 bits per heavy atom. The van der Waals surface area contributed by atoms with Gasteiger partial charge in [0, 0.05) is 17.1 Å². The zero-order chi connectivity index (χ0) is 10.1. The van der Waals surface area contributed by atoms with Crippen LogP contribution in [0.5, 0.6) is 5.75 Å². The molecule has 72 valence electrons. The molecule has 0 bridgehead atoms. The Hall–Kier alpha value is -1.49. The lowest BCUT2D eigenvalue weighted by atomic mass is 10.2. The number of phenols is 1. The topological polar surface area (TPSA) is 33.1 Å². The Morgan fingerprint density at radius 3 is 2.36 bits per heavy atom. The maximum Gasteiger partial charge on any atom is 0.187 e. The molecule has 0 fully saturated rings. The van der Waals surface area contributed by atoms with E-state index >= 15 is 0 Å². The normalized spacial score (nSPS) is 10.4. The van der Waals surface area contributed by atoms with E-state index < -0.39 is 17.4 Å². The minimum atomic E-state index is -0.977. The number of rotatable bonds is 1. The molecule has 2 aromatic rings. The summed E-state index contributed by atoms with van der Waals surface area (Å²) in [5, 5.41) is 11.1. The number of phenolic OH excluding ortho intramolecular Hbond substituents is 1. The lowest BCUT2D eigenvalue weighted by Crippen LogP contribution is -1.85. The summed E-state index contributed by atoms with van der Waals surface area (Å²) in [6.45, 7) is 0. The molecule has 1 aromatic heterocycles. The zero-order valence-corrected chi connectivity index (χ0v) is 7.68. The van der Waals surface area contributed by atoms with Crippen molar-refractivity contribution >= 4 is 11.3 Å². The van der Waals surface area contributed by atoms with Crippen LogP contribution < -0.4 is 0 Å². The Morgan fingerprint density at radius 2 is 1.86 bits per heavy atom. The summed E-state index contributed by atoms with van der Waals surface area (Å²) < 4.78 is 25.8. The number of nitrogens with zero attached hydrogens (tertiary/aromatic N) is 1. The van der Waals surface area contributed by atoms with Gasteiger partial charge in [0.25, 0.3) is 0 Å². The third kappa shape index (κ3) is 1.46. The van der Waals surface area contributed by atoms with Gasteiger partial charge in [0.15, 0.2) is 17.4 Å². The summed E-state index contributed by atoms with van der Waals surface area (Å²) in [6.07, 6.45) is 1.54. The number of aromatic hydroxyl groups is 1. The Kier molecular flexibility index (Phi) is 2.17. The van der Waals surface area contributed by atoms with Gasteiger partial charge in [-0.2, -0.15) is 0 Å². The fourth-order valence-electron chi connectivity index (χ4n) is 1.06. The molecule has 5 heteroatoms. The number of thiazole rings is 1. The van der Waals surface area contributed by atoms with Gasteiger partial charge in [0.05, 0.1) is 0 Å². The highest BCUT2D eigenvalue weighted by Gasteiger charge is 2.11. The molecule has 2 nitrogen and oxygen atoms in total. The molecule has 0 aliphatic carbocycles. The number of hydrogen-bond acceptors (Lipinski definition) is 3. The second-order valence-corrected chi connectivity index (χ2v) is 3.52. The second-order valence-electron chi connectivity index (χ2n) is 2.63. The van der Waals surface area contributed by atoms with Crippen molar-refractivity contribution < 1.29 is 13.9 Å². The van der Waals surface area contributed by atoms with Crippen molar-refractivity contribution in [3.63, 3.8) is 0 Å². The van der Waals surface area contributed by atoms with E-state index in [0.29, 0.717) is 10.6 Å². The molecule has 1 heterocycles. The van der Waals surface area contributed by atoms with Gasteiger partial charge in [0.1, 0.15) is 5.01 Å². The van der Waals surface area contributed by atoms with Crippen molar-refractivity contribution in [2.75, 3.05) is 0 Å². The standard InChI is InChI=1S/C9H5F2NOS/c10-6-3-5(4-7(11)8(6)13)9-12-1-2-14-9/h1-4,13H. The fourth-order valence-corrected chi connectivity index (χ4v) is 1.68. The van der Waals surface area contributed by atoms with E-state index in [1.54, 1.807) is 11.6 Å². The molecule has 0 amide bonds. The maximum atomic E-state index is 12.9. The molecule has 0 saturated carbocycles. The van der Waals surface area contributed by atoms with Crippen LogP contribution in [0.15, 0.2) is 23.7 Å².